The summed E-state index contributed by atoms with van der Waals surface area (Å²) in [5.74, 6) is -13.1. The Morgan fingerprint density at radius 3 is 1.23 bits per heavy atom. The first-order valence-corrected chi connectivity index (χ1v) is 37.0. The first-order chi connectivity index (χ1) is 48.4. The van der Waals surface area contributed by atoms with Crippen molar-refractivity contribution in [1.29, 1.82) is 0 Å². The van der Waals surface area contributed by atoms with E-state index in [4.69, 9.17) is 83.1 Å². The van der Waals surface area contributed by atoms with Crippen LogP contribution in [0.15, 0.2) is 27.7 Å². The van der Waals surface area contributed by atoms with Crippen molar-refractivity contribution < 1.29 is 145 Å². The highest BCUT2D eigenvalue weighted by molar-refractivity contribution is 9.09. The van der Waals surface area contributed by atoms with E-state index in [9.17, 15) is 48.7 Å². The summed E-state index contributed by atoms with van der Waals surface area (Å²) in [5.41, 5.74) is -10.9. The Morgan fingerprint density at radius 1 is 0.485 bits per heavy atom. The molecule has 14 saturated heterocycles. The standard InChI is InChI=1S/C34H45F6NO9.C18H26F3NO5.C16H20BrF3O4.CH3F/c1-16-7-9-23-18(3)32(34(38,39)40,46-27-30(23)21(16)11-14-29(6,45-27)48-49-30)41-19(4)42-15-20-24-10-8-17(2)22-12-13-28(5)44-26(31(22,24)50-47-28)43-25(20)33(35,36)37;1-9-5-6-13-10(2)17(18(19,20)21,22-11(3)23)25-14-16(13)12(9)7-8-15(4,24-14)26-27-16;1-8-3-4-11-9(7-17)12(16(18,19)20)21-13-15(11)10(8)5-6-14(2,22-13)23-24-15;1-2/h16-18,21-24,26-27H,7-15H2,1-6H3;9-10,12-14H,5-8H2,1-4H3,(H,22,23);8,10-11,13H,3-7H2,1-2H3;1H3/t16-,17-,18-,21?,22?,23+,24+,26-,27+,28-,29+,30-,31-,32-;9-,10-,12?,13+,14+,15+,16-,17-;8-,10?,11+,13-,14+,15-;/m111./s1/i;;;1D. The van der Waals surface area contributed by atoms with Gasteiger partial charge >= 0.3 is 24.7 Å². The van der Waals surface area contributed by atoms with Gasteiger partial charge in [0.2, 0.25) is 58.9 Å². The molecule has 4 unspecified atom stereocenters. The summed E-state index contributed by atoms with van der Waals surface area (Å²) in [5, 5.41) is 2.15. The van der Waals surface area contributed by atoms with Gasteiger partial charge in [-0.25, -0.2) is 44.1 Å². The minimum absolute atomic E-state index is 0.0365. The third-order valence-electron chi connectivity index (χ3n) is 26.5. The van der Waals surface area contributed by atoms with Crippen molar-refractivity contribution in [3.8, 4) is 0 Å². The van der Waals surface area contributed by atoms with Crippen LogP contribution in [0.3, 0.4) is 0 Å². The maximum atomic E-state index is 15.4. The van der Waals surface area contributed by atoms with Crippen LogP contribution in [0.2, 0.25) is 0 Å². The second kappa shape index (κ2) is 26.4. The molecule has 0 aromatic heterocycles. The molecule has 4 saturated carbocycles. The first-order valence-electron chi connectivity index (χ1n) is 36.6. The molecule has 20 nitrogen and oxygen atoms in total. The summed E-state index contributed by atoms with van der Waals surface area (Å²) in [6.07, 6.45) is -15.4. The van der Waals surface area contributed by atoms with E-state index >= 15 is 13.2 Å². The van der Waals surface area contributed by atoms with Crippen LogP contribution in [0.4, 0.5) is 57.1 Å². The predicted octanol–water partition coefficient (Wildman–Crippen LogP) is 15.9. The van der Waals surface area contributed by atoms with Crippen molar-refractivity contribution in [3.63, 3.8) is 0 Å². The Hall–Kier alpha value is -2.97. The maximum Gasteiger partial charge on any atom is 0.449 e. The number of fused-ring (bicyclic) bond motifs is 8. The van der Waals surface area contributed by atoms with E-state index in [2.05, 4.69) is 40.1 Å². The topological polar surface area (TPSA) is 198 Å². The maximum absolute atomic E-state index is 15.4. The van der Waals surface area contributed by atoms with Crippen LogP contribution >= 0.6 is 15.9 Å². The van der Waals surface area contributed by atoms with Gasteiger partial charge in [0.15, 0.2) is 40.9 Å². The van der Waals surface area contributed by atoms with Gasteiger partial charge in [-0.3, -0.25) is 9.18 Å². The molecule has 0 aromatic carbocycles. The minimum Gasteiger partial charge on any atom is -0.477 e. The summed E-state index contributed by atoms with van der Waals surface area (Å²) in [7, 11) is -1.00. The van der Waals surface area contributed by atoms with Crippen molar-refractivity contribution in [2.75, 3.05) is 19.1 Å². The normalized spacial score (nSPS) is 50.1. The third kappa shape index (κ3) is 12.1. The minimum atomic E-state index is -5.06. The number of amides is 1. The summed E-state index contributed by atoms with van der Waals surface area (Å²) < 4.78 is 242. The lowest BCUT2D eigenvalue weighted by Crippen LogP contribution is -2.79. The van der Waals surface area contributed by atoms with Crippen LogP contribution in [-0.2, 0) is 86.5 Å². The molecular weight excluding hydrogens is 1470 g/mol. The zero-order valence-electron chi connectivity index (χ0n) is 60.4. The van der Waals surface area contributed by atoms with Crippen LogP contribution in [0.25, 0.3) is 0 Å². The summed E-state index contributed by atoms with van der Waals surface area (Å²) >= 11 is 3.22. The Balaban J connectivity index is 0.000000149. The number of hydrogen-bond donors (Lipinski definition) is 1. The largest absolute Gasteiger partial charge is 0.477 e. The van der Waals surface area contributed by atoms with Gasteiger partial charge in [0.1, 0.15) is 6.61 Å². The summed E-state index contributed by atoms with van der Waals surface area (Å²) in [6.45, 7) is 19.2. The third-order valence-corrected chi connectivity index (χ3v) is 27.1. The number of rotatable bonds is 5. The molecule has 16 aliphatic heterocycles. The summed E-state index contributed by atoms with van der Waals surface area (Å²) in [6, 6.07) is 0. The molecule has 103 heavy (non-hydrogen) atoms. The number of carbonyl (C=O) groups excluding carboxylic acids is 1. The number of nitrogens with one attached hydrogen (secondary N) is 1. The van der Waals surface area contributed by atoms with Gasteiger partial charge in [-0.1, -0.05) is 57.5 Å². The smallest absolute Gasteiger partial charge is 0.449 e. The van der Waals surface area contributed by atoms with Gasteiger partial charge < -0.3 is 47.9 Å². The zero-order chi connectivity index (χ0) is 75.7. The second-order valence-electron chi connectivity index (χ2n) is 32.4. The highest BCUT2D eigenvalue weighted by Gasteiger charge is 2.80. The van der Waals surface area contributed by atoms with Crippen molar-refractivity contribution in [2.24, 2.45) is 87.8 Å². The molecule has 16 heterocycles. The molecule has 28 atom stereocenters. The van der Waals surface area contributed by atoms with Gasteiger partial charge in [0, 0.05) is 97.8 Å². The summed E-state index contributed by atoms with van der Waals surface area (Å²) in [4.78, 5) is 62.0. The molecule has 1 N–H and O–H groups in total. The fourth-order valence-electron chi connectivity index (χ4n) is 21.4. The number of halogens is 14. The highest BCUT2D eigenvalue weighted by Crippen LogP contribution is 2.69. The van der Waals surface area contributed by atoms with E-state index in [0.29, 0.717) is 76.5 Å². The molecule has 8 bridgehead atoms. The number of allylic oxidation sites excluding steroid dienone is 2. The van der Waals surface area contributed by atoms with Gasteiger partial charge in [-0.2, -0.15) is 52.7 Å². The molecule has 20 rings (SSSR count). The Bertz CT molecular complexity index is 3340. The van der Waals surface area contributed by atoms with Crippen LogP contribution in [0.5, 0.6) is 0 Å². The predicted molar refractivity (Wildman–Crippen MR) is 331 cm³/mol. The Labute approximate surface area is 598 Å². The average Bonchev–Trinajstić information content (AvgIpc) is 1.04. The quantitative estimate of drug-likeness (QED) is 0.0895. The van der Waals surface area contributed by atoms with Gasteiger partial charge in [0.25, 0.3) is 5.72 Å². The fraction of sp³-hybridized carbons (Fsp3) is 0.913. The first kappa shape index (κ1) is 76.8. The molecule has 18 fully saturated rings. The van der Waals surface area contributed by atoms with Crippen molar-refractivity contribution in [2.45, 2.75) is 293 Å². The molecule has 4 spiro atoms. The molecular formula is C69H94BrF13N2O18. The lowest BCUT2D eigenvalue weighted by Gasteiger charge is -2.63. The van der Waals surface area contributed by atoms with E-state index in [0.717, 1.165) is 32.6 Å². The number of carbonyl (C=O) groups is 1. The van der Waals surface area contributed by atoms with Crippen LogP contribution < -0.4 is 5.32 Å². The number of ether oxygens (including phenoxy) is 9. The van der Waals surface area contributed by atoms with Crippen LogP contribution in [0.1, 0.15) is 187 Å². The van der Waals surface area contributed by atoms with E-state index in [1.807, 2.05) is 13.8 Å². The SMILES string of the molecule is CC(=N[C@@]1(C(F)(F)F)O[C@@H]2O[C@]3(C)CCC4[C@H](C)CC[C@@H]([C@H]1C)[C@]42OO3)OCC1=C(C(F)(F)F)O[C@@H]2O[C@@]3(C)CCC4[C@H](C)CC[C@@H]1[C@]42OO3.CC(=O)N[C@@]1(C(F)(F)F)O[C@@H]2O[C@]3(C)CCC4[C@H](C)CC[C@@H]([C@H]1C)[C@]42OO3.C[C@@H]1CC[C@H]2C(CBr)=C(C(F)(F)F)O[C@@H]3O[C@]4(C)CCC1[C@]32OO4.[2H]CF. The monoisotopic (exact) mass is 1570 g/mol. The Kier molecular flexibility index (Phi) is 19.6. The average molecular weight is 1570 g/mol. The second-order valence-corrected chi connectivity index (χ2v) is 33.0. The van der Waals surface area contributed by atoms with E-state index < -0.39 is 179 Å². The fourth-order valence-corrected chi connectivity index (χ4v) is 22.1. The Morgan fingerprint density at radius 2 is 0.845 bits per heavy atom. The van der Waals surface area contributed by atoms with Crippen LogP contribution in [-0.4, -0.2) is 138 Å². The van der Waals surface area contributed by atoms with Crippen molar-refractivity contribution in [1.82, 2.24) is 5.32 Å². The van der Waals surface area contributed by atoms with E-state index in [1.165, 1.54) is 20.8 Å². The number of alkyl halides is 14. The van der Waals surface area contributed by atoms with Gasteiger partial charge in [-0.05, 0) is 146 Å². The molecule has 0 aromatic rings. The number of aliphatic imine (C=N–C) groups is 1. The van der Waals surface area contributed by atoms with Crippen molar-refractivity contribution >= 4 is 27.7 Å². The van der Waals surface area contributed by atoms with Crippen LogP contribution in [0, 0.1) is 82.9 Å². The molecule has 34 heteroatoms. The lowest BCUT2D eigenvalue weighted by atomic mass is 9.56. The molecule has 1 amide bonds. The molecule has 4 aliphatic carbocycles. The van der Waals surface area contributed by atoms with E-state index in [-0.39, 0.29) is 64.3 Å². The highest BCUT2D eigenvalue weighted by atomic mass is 79.9. The molecule has 20 aliphatic rings. The van der Waals surface area contributed by atoms with Gasteiger partial charge in [0.05, 0.1) is 8.52 Å². The number of nitrogens with zero attached hydrogens (tertiary/aromatic N) is 1. The molecule has 0 radical (unpaired) electrons. The van der Waals surface area contributed by atoms with Crippen molar-refractivity contribution in [3.05, 3.63) is 22.7 Å². The van der Waals surface area contributed by atoms with E-state index in [1.54, 1.807) is 27.7 Å². The zero-order valence-corrected chi connectivity index (χ0v) is 61.0. The van der Waals surface area contributed by atoms with Gasteiger partial charge in [-0.15, -0.1) is 0 Å². The molecule has 586 valence electrons. The lowest BCUT2D eigenvalue weighted by molar-refractivity contribution is -0.584. The number of hydrogen-bond acceptors (Lipinski definition) is 19.